The third-order valence-electron chi connectivity index (χ3n) is 4.21. The number of nitrogens with zero attached hydrogens (tertiary/aromatic N) is 1. The van der Waals surface area contributed by atoms with Crippen molar-refractivity contribution in [2.45, 2.75) is 32.9 Å². The molecule has 0 unspecified atom stereocenters. The molecular formula is C20H20Cl4N2O2. The number of likely N-dealkylation sites (N-methyl/N-ethyl adjacent to an activating group) is 1. The van der Waals surface area contributed by atoms with Gasteiger partial charge in [-0.15, -0.1) is 0 Å². The largest absolute Gasteiger partial charge is 0.355 e. The van der Waals surface area contributed by atoms with Gasteiger partial charge in [-0.1, -0.05) is 58.5 Å². The van der Waals surface area contributed by atoms with E-state index in [1.165, 1.54) is 4.90 Å². The van der Waals surface area contributed by atoms with Crippen molar-refractivity contribution in [2.24, 2.45) is 0 Å². The number of carbonyl (C=O) groups excluding carboxylic acids is 2. The number of halogens is 4. The molecule has 0 heterocycles. The van der Waals surface area contributed by atoms with E-state index in [1.54, 1.807) is 43.3 Å². The van der Waals surface area contributed by atoms with Crippen LogP contribution in [0.3, 0.4) is 0 Å². The van der Waals surface area contributed by atoms with Gasteiger partial charge in [-0.3, -0.25) is 9.59 Å². The van der Waals surface area contributed by atoms with Crippen LogP contribution in [-0.4, -0.2) is 29.3 Å². The first-order valence-corrected chi connectivity index (χ1v) is 10.2. The van der Waals surface area contributed by atoms with E-state index in [2.05, 4.69) is 5.32 Å². The minimum absolute atomic E-state index is 0.0427. The van der Waals surface area contributed by atoms with E-state index >= 15 is 0 Å². The maximum atomic E-state index is 13.1. The van der Waals surface area contributed by atoms with E-state index in [1.807, 2.05) is 6.92 Å². The monoisotopic (exact) mass is 460 g/mol. The Morgan fingerprint density at radius 3 is 2.32 bits per heavy atom. The fourth-order valence-corrected chi connectivity index (χ4v) is 3.46. The van der Waals surface area contributed by atoms with E-state index in [-0.39, 0.29) is 24.8 Å². The van der Waals surface area contributed by atoms with Gasteiger partial charge in [0.1, 0.15) is 6.04 Å². The van der Waals surface area contributed by atoms with E-state index in [4.69, 9.17) is 46.4 Å². The number of hydrogen-bond acceptors (Lipinski definition) is 2. The van der Waals surface area contributed by atoms with Crippen LogP contribution >= 0.6 is 46.4 Å². The second-order valence-corrected chi connectivity index (χ2v) is 7.91. The third-order valence-corrected chi connectivity index (χ3v) is 5.54. The predicted molar refractivity (Wildman–Crippen MR) is 115 cm³/mol. The molecule has 0 aliphatic rings. The van der Waals surface area contributed by atoms with Crippen LogP contribution in [-0.2, 0) is 22.6 Å². The second kappa shape index (κ2) is 10.4. The molecule has 2 aromatic rings. The quantitative estimate of drug-likeness (QED) is 0.600. The van der Waals surface area contributed by atoms with Gasteiger partial charge in [0.25, 0.3) is 0 Å². The molecule has 2 rings (SSSR count). The van der Waals surface area contributed by atoms with E-state index in [0.29, 0.717) is 32.2 Å². The zero-order valence-corrected chi connectivity index (χ0v) is 18.5. The Morgan fingerprint density at radius 2 is 1.71 bits per heavy atom. The third kappa shape index (κ3) is 6.02. The van der Waals surface area contributed by atoms with Crippen molar-refractivity contribution in [3.8, 4) is 0 Å². The molecule has 150 valence electrons. The van der Waals surface area contributed by atoms with Crippen LogP contribution in [0.2, 0.25) is 20.1 Å². The summed E-state index contributed by atoms with van der Waals surface area (Å²) in [6.07, 6.45) is 0.0427. The second-order valence-electron chi connectivity index (χ2n) is 6.25. The van der Waals surface area contributed by atoms with Gasteiger partial charge >= 0.3 is 0 Å². The molecular weight excluding hydrogens is 442 g/mol. The van der Waals surface area contributed by atoms with Gasteiger partial charge in [0.15, 0.2) is 0 Å². The van der Waals surface area contributed by atoms with Crippen molar-refractivity contribution in [1.29, 1.82) is 0 Å². The first-order chi connectivity index (χ1) is 13.2. The van der Waals surface area contributed by atoms with Crippen LogP contribution in [0.15, 0.2) is 36.4 Å². The number of rotatable bonds is 7. The van der Waals surface area contributed by atoms with Gasteiger partial charge in [-0.2, -0.15) is 0 Å². The van der Waals surface area contributed by atoms with Crippen molar-refractivity contribution in [1.82, 2.24) is 10.2 Å². The van der Waals surface area contributed by atoms with Gasteiger partial charge in [0, 0.05) is 23.1 Å². The van der Waals surface area contributed by atoms with E-state index in [0.717, 1.165) is 5.56 Å². The molecule has 4 nitrogen and oxygen atoms in total. The zero-order chi connectivity index (χ0) is 20.8. The summed E-state index contributed by atoms with van der Waals surface area (Å²) in [7, 11) is 0. The van der Waals surface area contributed by atoms with Gasteiger partial charge in [-0.05, 0) is 49.2 Å². The summed E-state index contributed by atoms with van der Waals surface area (Å²) < 4.78 is 0. The molecule has 0 radical (unpaired) electrons. The number of amides is 2. The summed E-state index contributed by atoms with van der Waals surface area (Å²) >= 11 is 24.2. The lowest BCUT2D eigenvalue weighted by Crippen LogP contribution is -2.48. The first-order valence-electron chi connectivity index (χ1n) is 8.68. The highest BCUT2D eigenvalue weighted by Gasteiger charge is 2.26. The zero-order valence-electron chi connectivity index (χ0n) is 15.4. The topological polar surface area (TPSA) is 49.4 Å². The van der Waals surface area contributed by atoms with Crippen LogP contribution in [0.5, 0.6) is 0 Å². The normalized spacial score (nSPS) is 11.8. The molecule has 1 atom stereocenters. The molecule has 0 saturated heterocycles. The smallest absolute Gasteiger partial charge is 0.242 e. The van der Waals surface area contributed by atoms with Gasteiger partial charge in [0.05, 0.1) is 16.5 Å². The van der Waals surface area contributed by atoms with E-state index < -0.39 is 6.04 Å². The van der Waals surface area contributed by atoms with Crippen molar-refractivity contribution in [3.05, 3.63) is 67.6 Å². The molecule has 0 bridgehead atoms. The van der Waals surface area contributed by atoms with Crippen molar-refractivity contribution in [2.75, 3.05) is 6.54 Å². The Hall–Kier alpha value is -1.46. The van der Waals surface area contributed by atoms with Crippen LogP contribution in [0.4, 0.5) is 0 Å². The number of carbonyl (C=O) groups is 2. The summed E-state index contributed by atoms with van der Waals surface area (Å²) in [5.41, 5.74) is 1.40. The molecule has 1 N–H and O–H groups in total. The highest BCUT2D eigenvalue weighted by atomic mass is 35.5. The molecule has 28 heavy (non-hydrogen) atoms. The first kappa shape index (κ1) is 22.8. The number of hydrogen-bond donors (Lipinski definition) is 1. The van der Waals surface area contributed by atoms with Gasteiger partial charge < -0.3 is 10.2 Å². The number of nitrogens with one attached hydrogen (secondary N) is 1. The van der Waals surface area contributed by atoms with Crippen molar-refractivity contribution in [3.63, 3.8) is 0 Å². The summed E-state index contributed by atoms with van der Waals surface area (Å²) in [5, 5.41) is 4.45. The van der Waals surface area contributed by atoms with Crippen LogP contribution in [0.1, 0.15) is 25.0 Å². The number of benzene rings is 2. The van der Waals surface area contributed by atoms with Crippen LogP contribution < -0.4 is 5.32 Å². The van der Waals surface area contributed by atoms with Gasteiger partial charge in [-0.25, -0.2) is 0 Å². The summed E-state index contributed by atoms with van der Waals surface area (Å²) in [6.45, 7) is 4.19. The molecule has 0 aliphatic heterocycles. The molecule has 0 aliphatic carbocycles. The average molecular weight is 462 g/mol. The predicted octanol–water partition coefficient (Wildman–Crippen LogP) is 5.40. The molecule has 0 aromatic heterocycles. The van der Waals surface area contributed by atoms with Gasteiger partial charge in [0.2, 0.25) is 11.8 Å². The minimum Gasteiger partial charge on any atom is -0.355 e. The standard InChI is InChI=1S/C20H20Cl4N2O2/c1-3-25-20(28)12(2)26(11-13-4-7-16(22)18(24)8-13)19(27)9-14-5-6-15(21)10-17(14)23/h4-8,10,12H,3,9,11H2,1-2H3,(H,25,28)/t12-/m0/s1. The fraction of sp³-hybridized carbons (Fsp3) is 0.300. The Labute approximate surface area is 184 Å². The lowest BCUT2D eigenvalue weighted by atomic mass is 10.1. The Balaban J connectivity index is 2.29. The highest BCUT2D eigenvalue weighted by Crippen LogP contribution is 2.25. The maximum Gasteiger partial charge on any atom is 0.242 e. The summed E-state index contributed by atoms with van der Waals surface area (Å²) in [5.74, 6) is -0.479. The SMILES string of the molecule is CCNC(=O)[C@H](C)N(Cc1ccc(Cl)c(Cl)c1)C(=O)Cc1ccc(Cl)cc1Cl. The average Bonchev–Trinajstić information content (AvgIpc) is 2.64. The van der Waals surface area contributed by atoms with E-state index in [9.17, 15) is 9.59 Å². The Bertz CT molecular complexity index is 873. The molecule has 0 fully saturated rings. The molecule has 0 spiro atoms. The fourth-order valence-electron chi connectivity index (χ4n) is 2.67. The summed E-state index contributed by atoms with van der Waals surface area (Å²) in [6, 6.07) is 9.41. The Morgan fingerprint density at radius 1 is 1.00 bits per heavy atom. The minimum atomic E-state index is -0.673. The summed E-state index contributed by atoms with van der Waals surface area (Å²) in [4.78, 5) is 26.9. The molecule has 0 saturated carbocycles. The highest BCUT2D eigenvalue weighted by molar-refractivity contribution is 6.42. The Kier molecular flexibility index (Phi) is 8.44. The van der Waals surface area contributed by atoms with Crippen LogP contribution in [0, 0.1) is 0 Å². The maximum absolute atomic E-state index is 13.1. The van der Waals surface area contributed by atoms with Crippen LogP contribution in [0.25, 0.3) is 0 Å². The van der Waals surface area contributed by atoms with Crippen molar-refractivity contribution >= 4 is 58.2 Å². The molecule has 2 amide bonds. The lowest BCUT2D eigenvalue weighted by molar-refractivity contribution is -0.140. The molecule has 8 heteroatoms. The lowest BCUT2D eigenvalue weighted by Gasteiger charge is -2.29. The molecule has 2 aromatic carbocycles. The van der Waals surface area contributed by atoms with Crippen molar-refractivity contribution < 1.29 is 9.59 Å².